The van der Waals surface area contributed by atoms with Crippen molar-refractivity contribution in [3.05, 3.63) is 35.6 Å². The Kier molecular flexibility index (Phi) is 2.86. The Hall–Kier alpha value is -1.31. The normalized spacial score (nSPS) is 16.2. The predicted molar refractivity (Wildman–Crippen MR) is 47.4 cm³/mol. The summed E-state index contributed by atoms with van der Waals surface area (Å²) in [5, 5.41) is 0. The lowest BCUT2D eigenvalue weighted by atomic mass is 10.2. The largest absolute Gasteiger partial charge is 0.434 e. The van der Waals surface area contributed by atoms with Crippen LogP contribution in [0.4, 0.5) is 0 Å². The number of cyclic esters (lactones) is 1. The predicted octanol–water partition coefficient (Wildman–Crippen LogP) is 2.34. The van der Waals surface area contributed by atoms with Crippen LogP contribution in [0.1, 0.15) is 20.3 Å². The van der Waals surface area contributed by atoms with E-state index in [0.29, 0.717) is 6.42 Å². The number of carbonyl (C=O) groups is 1. The molecule has 0 spiro atoms. The highest BCUT2D eigenvalue weighted by atomic mass is 16.5. The zero-order valence-electron chi connectivity index (χ0n) is 7.33. The van der Waals surface area contributed by atoms with E-state index in [9.17, 15) is 4.79 Å². The average molecular weight is 164 g/mol. The van der Waals surface area contributed by atoms with Crippen LogP contribution in [-0.4, -0.2) is 5.97 Å². The third-order valence-electron chi connectivity index (χ3n) is 1.43. The summed E-state index contributed by atoms with van der Waals surface area (Å²) in [6.45, 7) is 4.05. The molecule has 0 saturated heterocycles. The highest BCUT2D eigenvalue weighted by Gasteiger charge is 2.11. The molecule has 0 unspecified atom stereocenters. The molecule has 12 heavy (non-hydrogen) atoms. The molecule has 1 aliphatic heterocycles. The Morgan fingerprint density at radius 1 is 1.58 bits per heavy atom. The summed E-state index contributed by atoms with van der Waals surface area (Å²) in [7, 11) is 0. The van der Waals surface area contributed by atoms with E-state index in [0.717, 1.165) is 5.57 Å². The first-order valence-corrected chi connectivity index (χ1v) is 3.88. The van der Waals surface area contributed by atoms with Gasteiger partial charge in [0.2, 0.25) is 0 Å². The number of hydrogen-bond acceptors (Lipinski definition) is 2. The minimum Gasteiger partial charge on any atom is -0.434 e. The van der Waals surface area contributed by atoms with Gasteiger partial charge in [0.15, 0.2) is 0 Å². The molecule has 0 fully saturated rings. The number of rotatable bonds is 2. The number of carbonyl (C=O) groups excluding carboxylic acids is 1. The van der Waals surface area contributed by atoms with E-state index in [-0.39, 0.29) is 5.97 Å². The molecule has 0 aromatic rings. The van der Waals surface area contributed by atoms with Crippen LogP contribution >= 0.6 is 0 Å². The first kappa shape index (κ1) is 8.78. The van der Waals surface area contributed by atoms with Crippen molar-refractivity contribution in [2.75, 3.05) is 0 Å². The maximum absolute atomic E-state index is 10.6. The molecule has 1 aliphatic rings. The maximum atomic E-state index is 10.6. The van der Waals surface area contributed by atoms with Crippen LogP contribution in [0.3, 0.4) is 0 Å². The fraction of sp³-hybridized carbons (Fsp3) is 0.300. The zero-order chi connectivity index (χ0) is 8.97. The Balaban J connectivity index is 2.47. The molecule has 2 heteroatoms. The Morgan fingerprint density at radius 2 is 2.33 bits per heavy atom. The zero-order valence-corrected chi connectivity index (χ0v) is 7.33. The number of esters is 1. The van der Waals surface area contributed by atoms with Crippen molar-refractivity contribution in [1.82, 2.24) is 0 Å². The SMILES string of the molecule is CC(C)=C/C=C/C1=COC(=O)C1. The van der Waals surface area contributed by atoms with Crippen molar-refractivity contribution in [2.24, 2.45) is 0 Å². The summed E-state index contributed by atoms with van der Waals surface area (Å²) in [5.41, 5.74) is 2.16. The molecule has 1 heterocycles. The first-order valence-electron chi connectivity index (χ1n) is 3.88. The average Bonchev–Trinajstić information content (AvgIpc) is 2.35. The van der Waals surface area contributed by atoms with Crippen LogP contribution in [0.2, 0.25) is 0 Å². The second-order valence-electron chi connectivity index (χ2n) is 2.96. The molecule has 0 aliphatic carbocycles. The first-order chi connectivity index (χ1) is 5.68. The molecule has 0 N–H and O–H groups in total. The minimum absolute atomic E-state index is 0.174. The molecule has 64 valence electrons. The monoisotopic (exact) mass is 164 g/mol. The van der Waals surface area contributed by atoms with Gasteiger partial charge in [-0.2, -0.15) is 0 Å². The molecule has 0 aromatic carbocycles. The quantitative estimate of drug-likeness (QED) is 0.462. The Labute approximate surface area is 72.2 Å². The summed E-state index contributed by atoms with van der Waals surface area (Å²) in [5.74, 6) is -0.174. The maximum Gasteiger partial charge on any atom is 0.315 e. The van der Waals surface area contributed by atoms with Crippen molar-refractivity contribution in [2.45, 2.75) is 20.3 Å². The molecule has 0 bridgehead atoms. The van der Waals surface area contributed by atoms with Crippen LogP contribution in [0.5, 0.6) is 0 Å². The van der Waals surface area contributed by atoms with E-state index < -0.39 is 0 Å². The van der Waals surface area contributed by atoms with Gasteiger partial charge in [0.05, 0.1) is 12.7 Å². The topological polar surface area (TPSA) is 26.3 Å². The van der Waals surface area contributed by atoms with Gasteiger partial charge in [-0.15, -0.1) is 0 Å². The lowest BCUT2D eigenvalue weighted by molar-refractivity contribution is -0.135. The second kappa shape index (κ2) is 3.90. The third-order valence-corrected chi connectivity index (χ3v) is 1.43. The van der Waals surface area contributed by atoms with Crippen molar-refractivity contribution in [3.8, 4) is 0 Å². The van der Waals surface area contributed by atoms with Gasteiger partial charge < -0.3 is 4.74 Å². The smallest absolute Gasteiger partial charge is 0.315 e. The van der Waals surface area contributed by atoms with Gasteiger partial charge in [0.25, 0.3) is 0 Å². The molecule has 0 radical (unpaired) electrons. The molecule has 0 amide bonds. The molecular formula is C10H12O2. The summed E-state index contributed by atoms with van der Waals surface area (Å²) >= 11 is 0. The van der Waals surface area contributed by atoms with Crippen LogP contribution in [0, 0.1) is 0 Å². The van der Waals surface area contributed by atoms with Gasteiger partial charge in [-0.05, 0) is 19.4 Å². The highest BCUT2D eigenvalue weighted by Crippen LogP contribution is 2.12. The van der Waals surface area contributed by atoms with E-state index in [2.05, 4.69) is 4.74 Å². The fourth-order valence-electron chi connectivity index (χ4n) is 0.854. The number of hydrogen-bond donors (Lipinski definition) is 0. The second-order valence-corrected chi connectivity index (χ2v) is 2.96. The van der Waals surface area contributed by atoms with Crippen LogP contribution in [0.15, 0.2) is 35.6 Å². The van der Waals surface area contributed by atoms with E-state index in [1.54, 1.807) is 0 Å². The highest BCUT2D eigenvalue weighted by molar-refractivity contribution is 5.76. The van der Waals surface area contributed by atoms with Crippen molar-refractivity contribution in [1.29, 1.82) is 0 Å². The van der Waals surface area contributed by atoms with Crippen LogP contribution in [-0.2, 0) is 9.53 Å². The van der Waals surface area contributed by atoms with Crippen LogP contribution in [0.25, 0.3) is 0 Å². The van der Waals surface area contributed by atoms with Gasteiger partial charge in [0.1, 0.15) is 0 Å². The molecule has 0 atom stereocenters. The third kappa shape index (κ3) is 2.74. The van der Waals surface area contributed by atoms with Gasteiger partial charge in [-0.25, -0.2) is 0 Å². The van der Waals surface area contributed by atoms with E-state index >= 15 is 0 Å². The summed E-state index contributed by atoms with van der Waals surface area (Å²) < 4.78 is 4.65. The summed E-state index contributed by atoms with van der Waals surface area (Å²) in [6, 6.07) is 0. The molecule has 0 aromatic heterocycles. The fourth-order valence-corrected chi connectivity index (χ4v) is 0.854. The summed E-state index contributed by atoms with van der Waals surface area (Å²) in [4.78, 5) is 10.6. The van der Waals surface area contributed by atoms with E-state index in [1.165, 1.54) is 11.8 Å². The lowest BCUT2D eigenvalue weighted by Gasteiger charge is -1.84. The molecule has 1 rings (SSSR count). The van der Waals surface area contributed by atoms with Gasteiger partial charge in [-0.1, -0.05) is 23.8 Å². The molecular weight excluding hydrogens is 152 g/mol. The van der Waals surface area contributed by atoms with E-state index in [4.69, 9.17) is 0 Å². The van der Waals surface area contributed by atoms with Gasteiger partial charge >= 0.3 is 5.97 Å². The number of ether oxygens (including phenoxy) is 1. The molecule has 2 nitrogen and oxygen atoms in total. The summed E-state index contributed by atoms with van der Waals surface area (Å²) in [6.07, 6.45) is 7.69. The van der Waals surface area contributed by atoms with Crippen molar-refractivity contribution >= 4 is 5.97 Å². The minimum atomic E-state index is -0.174. The van der Waals surface area contributed by atoms with Crippen molar-refractivity contribution < 1.29 is 9.53 Å². The van der Waals surface area contributed by atoms with Crippen LogP contribution < -0.4 is 0 Å². The Morgan fingerprint density at radius 3 is 2.83 bits per heavy atom. The molecule has 0 saturated carbocycles. The standard InChI is InChI=1S/C10H12O2/c1-8(2)4-3-5-9-6-10(11)12-7-9/h3-5,7H,6H2,1-2H3/b5-3+. The van der Waals surface area contributed by atoms with Gasteiger partial charge in [0, 0.05) is 0 Å². The lowest BCUT2D eigenvalue weighted by Crippen LogP contribution is -1.89. The number of allylic oxidation sites excluding steroid dienone is 4. The van der Waals surface area contributed by atoms with Gasteiger partial charge in [-0.3, -0.25) is 4.79 Å². The van der Waals surface area contributed by atoms with E-state index in [1.807, 2.05) is 32.1 Å². The van der Waals surface area contributed by atoms with Crippen molar-refractivity contribution in [3.63, 3.8) is 0 Å². The Bertz CT molecular complexity index is 266.